The van der Waals surface area contributed by atoms with Gasteiger partial charge in [-0.2, -0.15) is 0 Å². The molecule has 1 aromatic heterocycles. The van der Waals surface area contributed by atoms with Gasteiger partial charge in [-0.25, -0.2) is 4.98 Å². The van der Waals surface area contributed by atoms with Gasteiger partial charge >= 0.3 is 0 Å². The van der Waals surface area contributed by atoms with E-state index in [0.717, 1.165) is 6.42 Å². The van der Waals surface area contributed by atoms with Gasteiger partial charge in [-0.05, 0) is 13.3 Å². The van der Waals surface area contributed by atoms with Crippen molar-refractivity contribution in [1.82, 2.24) is 14.9 Å². The summed E-state index contributed by atoms with van der Waals surface area (Å²) in [6.45, 7) is 3.83. The van der Waals surface area contributed by atoms with Crippen LogP contribution in [-0.4, -0.2) is 38.8 Å². The van der Waals surface area contributed by atoms with Gasteiger partial charge in [0.2, 0.25) is 5.91 Å². The van der Waals surface area contributed by atoms with E-state index in [1.807, 2.05) is 13.8 Å². The van der Waals surface area contributed by atoms with Crippen LogP contribution in [0.5, 0.6) is 0 Å². The molecule has 0 radical (unpaired) electrons. The van der Waals surface area contributed by atoms with Crippen molar-refractivity contribution in [2.45, 2.75) is 38.8 Å². The van der Waals surface area contributed by atoms with Gasteiger partial charge in [0, 0.05) is 18.4 Å². The molecule has 96 valence electrons. The average Bonchev–Trinajstić information content (AvgIpc) is 2.65. The maximum Gasteiger partial charge on any atom is 0.252 e. The van der Waals surface area contributed by atoms with E-state index in [1.165, 1.54) is 17.3 Å². The predicted octanol–water partition coefficient (Wildman–Crippen LogP) is 0.815. The molecule has 1 fully saturated rings. The summed E-state index contributed by atoms with van der Waals surface area (Å²) >= 11 is 0. The average molecular weight is 248 g/mol. The molecule has 6 nitrogen and oxygen atoms in total. The second-order valence-corrected chi connectivity index (χ2v) is 4.35. The number of carbonyl (C=O) groups is 2. The first-order chi connectivity index (χ1) is 8.63. The van der Waals surface area contributed by atoms with Gasteiger partial charge in [-0.3, -0.25) is 19.5 Å². The smallest absolute Gasteiger partial charge is 0.252 e. The van der Waals surface area contributed by atoms with Crippen LogP contribution >= 0.6 is 0 Å². The van der Waals surface area contributed by atoms with Crippen LogP contribution in [-0.2, 0) is 9.59 Å². The van der Waals surface area contributed by atoms with Gasteiger partial charge in [0.05, 0.1) is 12.6 Å². The molecular formula is C12H16N4O2. The largest absolute Gasteiger partial charge is 0.357 e. The molecule has 0 spiro atoms. The van der Waals surface area contributed by atoms with Crippen LogP contribution < -0.4 is 5.32 Å². The topological polar surface area (TPSA) is 75.2 Å². The van der Waals surface area contributed by atoms with E-state index in [2.05, 4.69) is 15.3 Å². The number of aromatic nitrogens is 2. The highest BCUT2D eigenvalue weighted by atomic mass is 16.2. The lowest BCUT2D eigenvalue weighted by atomic mass is 10.2. The Kier molecular flexibility index (Phi) is 3.55. The first-order valence-electron chi connectivity index (χ1n) is 6.02. The highest BCUT2D eigenvalue weighted by Gasteiger charge is 2.40. The van der Waals surface area contributed by atoms with Crippen molar-refractivity contribution < 1.29 is 9.59 Å². The normalized spacial score (nSPS) is 21.2. The lowest BCUT2D eigenvalue weighted by molar-refractivity contribution is -0.140. The van der Waals surface area contributed by atoms with Crippen molar-refractivity contribution in [2.75, 3.05) is 5.32 Å². The molecule has 2 heterocycles. The molecule has 1 aromatic rings. The summed E-state index contributed by atoms with van der Waals surface area (Å²) in [5.74, 6) is 0.199. The molecule has 2 amide bonds. The van der Waals surface area contributed by atoms with Gasteiger partial charge in [0.25, 0.3) is 5.91 Å². The van der Waals surface area contributed by atoms with E-state index in [0.29, 0.717) is 5.82 Å². The molecular weight excluding hydrogens is 232 g/mol. The molecule has 2 unspecified atom stereocenters. The predicted molar refractivity (Wildman–Crippen MR) is 65.7 cm³/mol. The Morgan fingerprint density at radius 2 is 2.28 bits per heavy atom. The van der Waals surface area contributed by atoms with Gasteiger partial charge in [0.1, 0.15) is 11.9 Å². The molecule has 0 bridgehead atoms. The van der Waals surface area contributed by atoms with Gasteiger partial charge < -0.3 is 5.32 Å². The standard InChI is InChI=1S/C12H16N4O2/c1-3-8(2)16-11(17)6-9(12(16)18)15-10-7-13-4-5-14-10/h4-5,7-9H,3,6H2,1-2H3,(H,14,15). The lowest BCUT2D eigenvalue weighted by Crippen LogP contribution is -2.40. The number of anilines is 1. The Morgan fingerprint density at radius 1 is 1.50 bits per heavy atom. The summed E-state index contributed by atoms with van der Waals surface area (Å²) < 4.78 is 0. The van der Waals surface area contributed by atoms with Crippen molar-refractivity contribution >= 4 is 17.6 Å². The number of nitrogens with zero attached hydrogens (tertiary/aromatic N) is 3. The molecule has 6 heteroatoms. The third-order valence-corrected chi connectivity index (χ3v) is 3.10. The van der Waals surface area contributed by atoms with E-state index >= 15 is 0 Å². The van der Waals surface area contributed by atoms with E-state index < -0.39 is 6.04 Å². The minimum Gasteiger partial charge on any atom is -0.357 e. The van der Waals surface area contributed by atoms with Crippen molar-refractivity contribution in [1.29, 1.82) is 0 Å². The molecule has 2 atom stereocenters. The van der Waals surface area contributed by atoms with Crippen LogP contribution in [0.2, 0.25) is 0 Å². The molecule has 1 saturated heterocycles. The van der Waals surface area contributed by atoms with Gasteiger partial charge in [0.15, 0.2) is 0 Å². The number of rotatable bonds is 4. The maximum atomic E-state index is 12.1. The van der Waals surface area contributed by atoms with Gasteiger partial charge in [-0.1, -0.05) is 6.92 Å². The number of likely N-dealkylation sites (tertiary alicyclic amines) is 1. The van der Waals surface area contributed by atoms with Crippen LogP contribution in [0, 0.1) is 0 Å². The second kappa shape index (κ2) is 5.12. The number of amides is 2. The fraction of sp³-hybridized carbons (Fsp3) is 0.500. The number of hydrogen-bond acceptors (Lipinski definition) is 5. The number of imide groups is 1. The van der Waals surface area contributed by atoms with Crippen LogP contribution in [0.3, 0.4) is 0 Å². The summed E-state index contributed by atoms with van der Waals surface area (Å²) in [6.07, 6.45) is 5.56. The molecule has 1 aliphatic rings. The molecule has 0 aliphatic carbocycles. The Hall–Kier alpha value is -1.98. The minimum atomic E-state index is -0.525. The molecule has 0 saturated carbocycles. The Bertz CT molecular complexity index is 449. The van der Waals surface area contributed by atoms with Crippen LogP contribution in [0.1, 0.15) is 26.7 Å². The molecule has 0 aromatic carbocycles. The number of nitrogens with one attached hydrogen (secondary N) is 1. The van der Waals surface area contributed by atoms with Crippen LogP contribution in [0.4, 0.5) is 5.82 Å². The van der Waals surface area contributed by atoms with Crippen molar-refractivity contribution in [3.8, 4) is 0 Å². The first-order valence-corrected chi connectivity index (χ1v) is 6.02. The monoisotopic (exact) mass is 248 g/mol. The number of carbonyl (C=O) groups excluding carboxylic acids is 2. The summed E-state index contributed by atoms with van der Waals surface area (Å²) in [6, 6.07) is -0.582. The number of hydrogen-bond donors (Lipinski definition) is 1. The Morgan fingerprint density at radius 3 is 2.89 bits per heavy atom. The summed E-state index contributed by atoms with van der Waals surface area (Å²) in [5, 5.41) is 2.94. The van der Waals surface area contributed by atoms with Crippen LogP contribution in [0.25, 0.3) is 0 Å². The van der Waals surface area contributed by atoms with Crippen molar-refractivity contribution in [3.05, 3.63) is 18.6 Å². The van der Waals surface area contributed by atoms with Crippen molar-refractivity contribution in [2.24, 2.45) is 0 Å². The zero-order valence-electron chi connectivity index (χ0n) is 10.5. The molecule has 18 heavy (non-hydrogen) atoms. The molecule has 1 N–H and O–H groups in total. The summed E-state index contributed by atoms with van der Waals surface area (Å²) in [5.41, 5.74) is 0. The van der Waals surface area contributed by atoms with Crippen molar-refractivity contribution in [3.63, 3.8) is 0 Å². The third kappa shape index (κ3) is 2.32. The summed E-state index contributed by atoms with van der Waals surface area (Å²) in [4.78, 5) is 33.2. The highest BCUT2D eigenvalue weighted by molar-refractivity contribution is 6.07. The minimum absolute atomic E-state index is 0.0568. The summed E-state index contributed by atoms with van der Waals surface area (Å²) in [7, 11) is 0. The molecule has 1 aliphatic heterocycles. The van der Waals surface area contributed by atoms with Crippen LogP contribution in [0.15, 0.2) is 18.6 Å². The fourth-order valence-electron chi connectivity index (χ4n) is 1.96. The van der Waals surface area contributed by atoms with E-state index in [4.69, 9.17) is 0 Å². The van der Waals surface area contributed by atoms with E-state index in [-0.39, 0.29) is 24.3 Å². The third-order valence-electron chi connectivity index (χ3n) is 3.10. The quantitative estimate of drug-likeness (QED) is 0.798. The fourth-order valence-corrected chi connectivity index (χ4v) is 1.96. The highest BCUT2D eigenvalue weighted by Crippen LogP contribution is 2.20. The van der Waals surface area contributed by atoms with Gasteiger partial charge in [-0.15, -0.1) is 0 Å². The molecule has 2 rings (SSSR count). The van der Waals surface area contributed by atoms with E-state index in [9.17, 15) is 9.59 Å². The lowest BCUT2D eigenvalue weighted by Gasteiger charge is -2.21. The second-order valence-electron chi connectivity index (χ2n) is 4.35. The SMILES string of the molecule is CCC(C)N1C(=O)CC(Nc2cnccn2)C1=O. The Balaban J connectivity index is 2.09. The zero-order chi connectivity index (χ0) is 13.1. The Labute approximate surface area is 105 Å². The zero-order valence-corrected chi connectivity index (χ0v) is 10.5. The first kappa shape index (κ1) is 12.5. The van der Waals surface area contributed by atoms with E-state index in [1.54, 1.807) is 6.20 Å². The maximum absolute atomic E-state index is 12.1.